The zero-order valence-electron chi connectivity index (χ0n) is 14.0. The SMILES string of the molecule is O=S1(=O)N=C(N2CCC(c3nc4ccccc4s3)CC2)c2ccccc21. The van der Waals surface area contributed by atoms with E-state index < -0.39 is 10.0 Å². The number of hydrogen-bond acceptors (Lipinski definition) is 5. The maximum atomic E-state index is 12.3. The van der Waals surface area contributed by atoms with Crippen LogP contribution in [0.1, 0.15) is 29.3 Å². The molecule has 0 aliphatic carbocycles. The van der Waals surface area contributed by atoms with Crippen molar-refractivity contribution in [3.8, 4) is 0 Å². The van der Waals surface area contributed by atoms with Gasteiger partial charge in [0.15, 0.2) is 5.84 Å². The maximum Gasteiger partial charge on any atom is 0.285 e. The maximum absolute atomic E-state index is 12.3. The smallest absolute Gasteiger partial charge is 0.285 e. The molecule has 0 amide bonds. The number of hydrogen-bond donors (Lipinski definition) is 0. The van der Waals surface area contributed by atoms with E-state index in [1.807, 2.05) is 24.3 Å². The van der Waals surface area contributed by atoms with Gasteiger partial charge in [0.2, 0.25) is 0 Å². The molecule has 7 heteroatoms. The molecule has 1 fully saturated rings. The molecule has 0 saturated carbocycles. The van der Waals surface area contributed by atoms with Crippen LogP contribution in [-0.4, -0.2) is 37.2 Å². The predicted molar refractivity (Wildman–Crippen MR) is 103 cm³/mol. The van der Waals surface area contributed by atoms with E-state index in [2.05, 4.69) is 21.4 Å². The Morgan fingerprint density at radius 2 is 1.73 bits per heavy atom. The molecule has 0 bridgehead atoms. The molecule has 132 valence electrons. The number of aromatic nitrogens is 1. The average molecular weight is 383 g/mol. The van der Waals surface area contributed by atoms with E-state index in [1.54, 1.807) is 23.5 Å². The zero-order chi connectivity index (χ0) is 17.7. The van der Waals surface area contributed by atoms with Crippen molar-refractivity contribution >= 4 is 37.4 Å². The lowest BCUT2D eigenvalue weighted by molar-refractivity contribution is 0.314. The second kappa shape index (κ2) is 5.89. The van der Waals surface area contributed by atoms with Crippen molar-refractivity contribution in [1.82, 2.24) is 9.88 Å². The van der Waals surface area contributed by atoms with E-state index in [0.717, 1.165) is 37.0 Å². The highest BCUT2D eigenvalue weighted by Crippen LogP contribution is 2.35. The number of rotatable bonds is 1. The molecular formula is C19H17N3O2S2. The van der Waals surface area contributed by atoms with E-state index in [0.29, 0.717) is 16.6 Å². The first kappa shape index (κ1) is 16.0. The van der Waals surface area contributed by atoms with Crippen molar-refractivity contribution in [1.29, 1.82) is 0 Å². The molecule has 0 atom stereocenters. The number of nitrogens with zero attached hydrogens (tertiary/aromatic N) is 3. The van der Waals surface area contributed by atoms with Crippen molar-refractivity contribution in [2.75, 3.05) is 13.1 Å². The Morgan fingerprint density at radius 1 is 1.00 bits per heavy atom. The molecule has 0 unspecified atom stereocenters. The lowest BCUT2D eigenvalue weighted by Gasteiger charge is -2.32. The van der Waals surface area contributed by atoms with Crippen LogP contribution in [0.3, 0.4) is 0 Å². The molecule has 0 radical (unpaired) electrons. The third-order valence-electron chi connectivity index (χ3n) is 5.07. The Balaban J connectivity index is 1.38. The molecule has 2 aliphatic rings. The van der Waals surface area contributed by atoms with Gasteiger partial charge >= 0.3 is 0 Å². The van der Waals surface area contributed by atoms with Crippen LogP contribution in [0.5, 0.6) is 0 Å². The summed E-state index contributed by atoms with van der Waals surface area (Å²) in [7, 11) is -3.55. The molecule has 26 heavy (non-hydrogen) atoms. The zero-order valence-corrected chi connectivity index (χ0v) is 15.6. The Hall–Kier alpha value is -2.25. The molecule has 0 spiro atoms. The topological polar surface area (TPSA) is 62.6 Å². The van der Waals surface area contributed by atoms with Gasteiger partial charge in [0.25, 0.3) is 10.0 Å². The largest absolute Gasteiger partial charge is 0.355 e. The van der Waals surface area contributed by atoms with Crippen LogP contribution in [0.25, 0.3) is 10.2 Å². The summed E-state index contributed by atoms with van der Waals surface area (Å²) < 4.78 is 29.8. The standard InChI is InChI=1S/C19H17N3O2S2/c23-26(24)17-8-4-1-5-14(17)18(21-26)22-11-9-13(10-12-22)19-20-15-6-2-3-7-16(15)25-19/h1-8,13H,9-12H2. The van der Waals surface area contributed by atoms with Crippen LogP contribution in [-0.2, 0) is 10.0 Å². The quantitative estimate of drug-likeness (QED) is 0.644. The van der Waals surface area contributed by atoms with Crippen LogP contribution in [0, 0.1) is 0 Å². The minimum Gasteiger partial charge on any atom is -0.355 e. The van der Waals surface area contributed by atoms with Gasteiger partial charge in [-0.25, -0.2) is 4.98 Å². The molecule has 5 rings (SSSR count). The normalized spacial score (nSPS) is 19.5. The molecule has 1 aromatic heterocycles. The number of thiazole rings is 1. The van der Waals surface area contributed by atoms with Gasteiger partial charge in [0, 0.05) is 24.6 Å². The Labute approximate surface area is 156 Å². The van der Waals surface area contributed by atoms with E-state index >= 15 is 0 Å². The third kappa shape index (κ3) is 2.54. The average Bonchev–Trinajstić information content (AvgIpc) is 3.21. The van der Waals surface area contributed by atoms with Gasteiger partial charge in [0.05, 0.1) is 15.2 Å². The van der Waals surface area contributed by atoms with Crippen LogP contribution in [0.15, 0.2) is 57.8 Å². The molecule has 3 aromatic rings. The number of sulfonamides is 1. The van der Waals surface area contributed by atoms with Gasteiger partial charge in [0.1, 0.15) is 4.90 Å². The first-order valence-electron chi connectivity index (χ1n) is 8.67. The lowest BCUT2D eigenvalue weighted by Crippen LogP contribution is -2.37. The third-order valence-corrected chi connectivity index (χ3v) is 7.59. The number of amidine groups is 1. The molecule has 5 nitrogen and oxygen atoms in total. The summed E-state index contributed by atoms with van der Waals surface area (Å²) in [5.41, 5.74) is 1.79. The van der Waals surface area contributed by atoms with Gasteiger partial charge in [-0.2, -0.15) is 8.42 Å². The highest BCUT2D eigenvalue weighted by atomic mass is 32.2. The molecule has 1 saturated heterocycles. The van der Waals surface area contributed by atoms with Gasteiger partial charge < -0.3 is 4.90 Å². The number of piperidine rings is 1. The molecule has 2 aromatic carbocycles. The van der Waals surface area contributed by atoms with E-state index in [1.165, 1.54) is 9.71 Å². The minimum atomic E-state index is -3.55. The molecule has 2 aliphatic heterocycles. The monoisotopic (exact) mass is 383 g/mol. The van der Waals surface area contributed by atoms with Crippen LogP contribution < -0.4 is 0 Å². The fourth-order valence-corrected chi connectivity index (χ4v) is 6.08. The lowest BCUT2D eigenvalue weighted by atomic mass is 9.97. The number of likely N-dealkylation sites (tertiary alicyclic amines) is 1. The van der Waals surface area contributed by atoms with Crippen molar-refractivity contribution < 1.29 is 8.42 Å². The first-order chi connectivity index (χ1) is 12.6. The van der Waals surface area contributed by atoms with Gasteiger partial charge in [-0.1, -0.05) is 24.3 Å². The summed E-state index contributed by atoms with van der Waals surface area (Å²) in [6.45, 7) is 1.59. The number of para-hydroxylation sites is 1. The first-order valence-corrected chi connectivity index (χ1v) is 10.9. The van der Waals surface area contributed by atoms with E-state index in [4.69, 9.17) is 4.98 Å². The van der Waals surface area contributed by atoms with Crippen LogP contribution in [0.2, 0.25) is 0 Å². The van der Waals surface area contributed by atoms with Crippen LogP contribution in [0.4, 0.5) is 0 Å². The summed E-state index contributed by atoms with van der Waals surface area (Å²) in [5, 5.41) is 1.19. The minimum absolute atomic E-state index is 0.322. The Bertz CT molecular complexity index is 1090. The molecular weight excluding hydrogens is 366 g/mol. The second-order valence-corrected chi connectivity index (χ2v) is 9.30. The highest BCUT2D eigenvalue weighted by molar-refractivity contribution is 7.90. The number of fused-ring (bicyclic) bond motifs is 2. The highest BCUT2D eigenvalue weighted by Gasteiger charge is 2.33. The van der Waals surface area contributed by atoms with Gasteiger partial charge in [-0.05, 0) is 37.1 Å². The van der Waals surface area contributed by atoms with Crippen molar-refractivity contribution in [3.63, 3.8) is 0 Å². The summed E-state index contributed by atoms with van der Waals surface area (Å²) in [5.74, 6) is 1.03. The second-order valence-electron chi connectivity index (χ2n) is 6.67. The predicted octanol–water partition coefficient (Wildman–Crippen LogP) is 3.62. The summed E-state index contributed by atoms with van der Waals surface area (Å²) in [4.78, 5) is 7.22. The fraction of sp³-hybridized carbons (Fsp3) is 0.263. The van der Waals surface area contributed by atoms with Crippen LogP contribution >= 0.6 is 11.3 Å². The fourth-order valence-electron chi connectivity index (χ4n) is 3.72. The molecule has 0 N–H and O–H groups in total. The Kier molecular flexibility index (Phi) is 3.62. The summed E-state index contributed by atoms with van der Waals surface area (Å²) in [6, 6.07) is 15.3. The van der Waals surface area contributed by atoms with E-state index in [-0.39, 0.29) is 0 Å². The number of benzene rings is 2. The Morgan fingerprint density at radius 3 is 2.54 bits per heavy atom. The van der Waals surface area contributed by atoms with Crippen molar-refractivity contribution in [2.24, 2.45) is 4.40 Å². The van der Waals surface area contributed by atoms with Gasteiger partial charge in [-0.15, -0.1) is 15.7 Å². The summed E-state index contributed by atoms with van der Waals surface area (Å²) >= 11 is 1.77. The van der Waals surface area contributed by atoms with Crippen molar-refractivity contribution in [2.45, 2.75) is 23.7 Å². The van der Waals surface area contributed by atoms with E-state index in [9.17, 15) is 8.42 Å². The van der Waals surface area contributed by atoms with Gasteiger partial charge in [-0.3, -0.25) is 0 Å². The van der Waals surface area contributed by atoms with Crippen molar-refractivity contribution in [3.05, 3.63) is 59.1 Å². The molecule has 3 heterocycles. The summed E-state index contributed by atoms with van der Waals surface area (Å²) in [6.07, 6.45) is 1.92.